The molecule has 0 saturated heterocycles. The first-order chi connectivity index (χ1) is 9.67. The predicted octanol–water partition coefficient (Wildman–Crippen LogP) is 3.59. The molecule has 0 amide bonds. The standard InChI is InChI=1S/C14H14BrN5/c1-3-17-13-12(15)14(19-8-18-13)20-11-6-4-5-9(2)10(11)7-16/h4-6,8H,3H2,1-2H3,(H2,17,18,19,20). The van der Waals surface area contributed by atoms with E-state index in [9.17, 15) is 5.26 Å². The van der Waals surface area contributed by atoms with Gasteiger partial charge in [-0.2, -0.15) is 5.26 Å². The van der Waals surface area contributed by atoms with Crippen LogP contribution in [-0.4, -0.2) is 16.5 Å². The summed E-state index contributed by atoms with van der Waals surface area (Å²) >= 11 is 3.47. The number of hydrogen-bond acceptors (Lipinski definition) is 5. The summed E-state index contributed by atoms with van der Waals surface area (Å²) in [6.07, 6.45) is 1.48. The first-order valence-electron chi connectivity index (χ1n) is 6.18. The Bertz CT molecular complexity index is 663. The zero-order valence-corrected chi connectivity index (χ0v) is 12.8. The number of nitrogens with one attached hydrogen (secondary N) is 2. The molecule has 0 bridgehead atoms. The first-order valence-corrected chi connectivity index (χ1v) is 6.97. The van der Waals surface area contributed by atoms with Gasteiger partial charge in [0, 0.05) is 6.54 Å². The largest absolute Gasteiger partial charge is 0.369 e. The molecule has 1 heterocycles. The quantitative estimate of drug-likeness (QED) is 0.895. The minimum atomic E-state index is 0.614. The number of anilines is 3. The smallest absolute Gasteiger partial charge is 0.150 e. The number of nitrogens with zero attached hydrogens (tertiary/aromatic N) is 3. The summed E-state index contributed by atoms with van der Waals surface area (Å²) in [5, 5.41) is 15.5. The van der Waals surface area contributed by atoms with Crippen LogP contribution in [0, 0.1) is 18.3 Å². The fourth-order valence-corrected chi connectivity index (χ4v) is 2.24. The Labute approximate surface area is 126 Å². The molecule has 1 aromatic heterocycles. The van der Waals surface area contributed by atoms with Gasteiger partial charge in [-0.1, -0.05) is 12.1 Å². The number of halogens is 1. The van der Waals surface area contributed by atoms with Crippen LogP contribution < -0.4 is 10.6 Å². The summed E-state index contributed by atoms with van der Waals surface area (Å²) in [6, 6.07) is 7.87. The van der Waals surface area contributed by atoms with Gasteiger partial charge >= 0.3 is 0 Å². The molecule has 20 heavy (non-hydrogen) atoms. The van der Waals surface area contributed by atoms with E-state index in [-0.39, 0.29) is 0 Å². The second-order valence-electron chi connectivity index (χ2n) is 4.15. The Hall–Kier alpha value is -2.13. The van der Waals surface area contributed by atoms with Crippen molar-refractivity contribution < 1.29 is 0 Å². The lowest BCUT2D eigenvalue weighted by Gasteiger charge is -2.12. The molecule has 0 aliphatic carbocycles. The van der Waals surface area contributed by atoms with E-state index in [1.807, 2.05) is 32.0 Å². The molecular weight excluding hydrogens is 318 g/mol. The molecule has 0 unspecified atom stereocenters. The van der Waals surface area contributed by atoms with Crippen molar-refractivity contribution in [3.05, 3.63) is 40.1 Å². The van der Waals surface area contributed by atoms with Gasteiger partial charge in [0.2, 0.25) is 0 Å². The maximum Gasteiger partial charge on any atom is 0.150 e. The molecule has 0 aliphatic heterocycles. The van der Waals surface area contributed by atoms with Gasteiger partial charge < -0.3 is 10.6 Å². The van der Waals surface area contributed by atoms with Crippen LogP contribution in [0.5, 0.6) is 0 Å². The summed E-state index contributed by atoms with van der Waals surface area (Å²) in [7, 11) is 0. The Morgan fingerprint density at radius 2 is 2.05 bits per heavy atom. The number of aromatic nitrogens is 2. The molecule has 2 aromatic rings. The Balaban J connectivity index is 2.39. The number of aryl methyl sites for hydroxylation is 1. The minimum absolute atomic E-state index is 0.614. The van der Waals surface area contributed by atoms with Crippen molar-refractivity contribution in [1.29, 1.82) is 5.26 Å². The molecule has 102 valence electrons. The van der Waals surface area contributed by atoms with Gasteiger partial charge in [0.15, 0.2) is 0 Å². The lowest BCUT2D eigenvalue weighted by atomic mass is 10.1. The minimum Gasteiger partial charge on any atom is -0.369 e. The van der Waals surface area contributed by atoms with Crippen LogP contribution in [0.4, 0.5) is 17.3 Å². The van der Waals surface area contributed by atoms with E-state index in [0.29, 0.717) is 11.4 Å². The van der Waals surface area contributed by atoms with E-state index in [0.717, 1.165) is 28.1 Å². The molecule has 0 spiro atoms. The van der Waals surface area contributed by atoms with Crippen LogP contribution in [0.2, 0.25) is 0 Å². The summed E-state index contributed by atoms with van der Waals surface area (Å²) in [4.78, 5) is 8.36. The molecule has 0 aliphatic rings. The molecule has 2 rings (SSSR count). The lowest BCUT2D eigenvalue weighted by Crippen LogP contribution is -2.04. The third-order valence-corrected chi connectivity index (χ3v) is 3.52. The highest BCUT2D eigenvalue weighted by Gasteiger charge is 2.11. The molecule has 1 aromatic carbocycles. The fraction of sp³-hybridized carbons (Fsp3) is 0.214. The molecular formula is C14H14BrN5. The number of hydrogen-bond donors (Lipinski definition) is 2. The van der Waals surface area contributed by atoms with E-state index in [4.69, 9.17) is 0 Å². The maximum absolute atomic E-state index is 9.24. The van der Waals surface area contributed by atoms with E-state index < -0.39 is 0 Å². The van der Waals surface area contributed by atoms with Crippen LogP contribution in [0.15, 0.2) is 29.0 Å². The first kappa shape index (κ1) is 14.3. The third kappa shape index (κ3) is 2.89. The second kappa shape index (κ2) is 6.35. The van der Waals surface area contributed by atoms with Crippen LogP contribution in [-0.2, 0) is 0 Å². The average molecular weight is 332 g/mol. The van der Waals surface area contributed by atoms with Crippen LogP contribution in [0.3, 0.4) is 0 Å². The van der Waals surface area contributed by atoms with E-state index in [1.54, 1.807) is 0 Å². The molecule has 0 atom stereocenters. The van der Waals surface area contributed by atoms with Crippen molar-refractivity contribution >= 4 is 33.3 Å². The van der Waals surface area contributed by atoms with Crippen molar-refractivity contribution in [2.24, 2.45) is 0 Å². The van der Waals surface area contributed by atoms with E-state index in [1.165, 1.54) is 6.33 Å². The van der Waals surface area contributed by atoms with Gasteiger partial charge in [0.05, 0.1) is 11.3 Å². The van der Waals surface area contributed by atoms with Crippen LogP contribution in [0.25, 0.3) is 0 Å². The van der Waals surface area contributed by atoms with Crippen molar-refractivity contribution in [3.63, 3.8) is 0 Å². The monoisotopic (exact) mass is 331 g/mol. The van der Waals surface area contributed by atoms with Crippen molar-refractivity contribution in [3.8, 4) is 6.07 Å². The van der Waals surface area contributed by atoms with Crippen molar-refractivity contribution in [2.75, 3.05) is 17.2 Å². The summed E-state index contributed by atoms with van der Waals surface area (Å²) in [5.74, 6) is 1.34. The Morgan fingerprint density at radius 1 is 1.30 bits per heavy atom. The van der Waals surface area contributed by atoms with Gasteiger partial charge in [-0.15, -0.1) is 0 Å². The average Bonchev–Trinajstić information content (AvgIpc) is 2.44. The maximum atomic E-state index is 9.24. The normalized spacial score (nSPS) is 9.90. The van der Waals surface area contributed by atoms with Gasteiger partial charge in [-0.3, -0.25) is 0 Å². The van der Waals surface area contributed by atoms with Crippen molar-refractivity contribution in [2.45, 2.75) is 13.8 Å². The zero-order valence-electron chi connectivity index (χ0n) is 11.2. The molecule has 5 nitrogen and oxygen atoms in total. The number of nitriles is 1. The van der Waals surface area contributed by atoms with Crippen LogP contribution in [0.1, 0.15) is 18.1 Å². The highest BCUT2D eigenvalue weighted by molar-refractivity contribution is 9.10. The molecule has 0 saturated carbocycles. The molecule has 0 fully saturated rings. The topological polar surface area (TPSA) is 73.6 Å². The summed E-state index contributed by atoms with van der Waals surface area (Å²) in [6.45, 7) is 4.67. The Kier molecular flexibility index (Phi) is 4.53. The van der Waals surface area contributed by atoms with E-state index in [2.05, 4.69) is 42.6 Å². The van der Waals surface area contributed by atoms with Gasteiger partial charge in [-0.25, -0.2) is 9.97 Å². The zero-order chi connectivity index (χ0) is 14.5. The second-order valence-corrected chi connectivity index (χ2v) is 4.94. The fourth-order valence-electron chi connectivity index (χ4n) is 1.80. The molecule has 2 N–H and O–H groups in total. The molecule has 6 heteroatoms. The molecule has 0 radical (unpaired) electrons. The van der Waals surface area contributed by atoms with Gasteiger partial charge in [0.1, 0.15) is 28.5 Å². The van der Waals surface area contributed by atoms with E-state index >= 15 is 0 Å². The lowest BCUT2D eigenvalue weighted by molar-refractivity contribution is 1.10. The third-order valence-electron chi connectivity index (χ3n) is 2.77. The highest BCUT2D eigenvalue weighted by atomic mass is 79.9. The van der Waals surface area contributed by atoms with Gasteiger partial charge in [0.25, 0.3) is 0 Å². The highest BCUT2D eigenvalue weighted by Crippen LogP contribution is 2.30. The number of rotatable bonds is 4. The summed E-state index contributed by atoms with van der Waals surface area (Å²) in [5.41, 5.74) is 2.27. The van der Waals surface area contributed by atoms with Crippen LogP contribution >= 0.6 is 15.9 Å². The summed E-state index contributed by atoms with van der Waals surface area (Å²) < 4.78 is 0.743. The van der Waals surface area contributed by atoms with Crippen molar-refractivity contribution in [1.82, 2.24) is 9.97 Å². The SMILES string of the molecule is CCNc1ncnc(Nc2cccc(C)c2C#N)c1Br. The predicted molar refractivity (Wildman–Crippen MR) is 83.1 cm³/mol. The van der Waals surface area contributed by atoms with Gasteiger partial charge in [-0.05, 0) is 41.4 Å². The number of benzene rings is 1. The Morgan fingerprint density at radius 3 is 2.75 bits per heavy atom.